The number of anilines is 1. The fourth-order valence-electron chi connectivity index (χ4n) is 2.84. The normalized spacial score (nSPS) is 10.4. The van der Waals surface area contributed by atoms with Gasteiger partial charge in [-0.15, -0.1) is 11.8 Å². The van der Waals surface area contributed by atoms with Gasteiger partial charge < -0.3 is 19.5 Å². The predicted octanol–water partition coefficient (Wildman–Crippen LogP) is 3.84. The molecule has 0 aliphatic rings. The first-order valence-corrected chi connectivity index (χ1v) is 9.91. The van der Waals surface area contributed by atoms with Gasteiger partial charge in [-0.3, -0.25) is 9.48 Å². The number of thioether (sulfide) groups is 1. The Balaban J connectivity index is 1.62. The summed E-state index contributed by atoms with van der Waals surface area (Å²) in [6.07, 6.45) is 3.57. The lowest BCUT2D eigenvalue weighted by molar-refractivity contribution is -0.115. The van der Waals surface area contributed by atoms with Gasteiger partial charge in [0.25, 0.3) is 0 Å². The average molecular weight is 413 g/mol. The summed E-state index contributed by atoms with van der Waals surface area (Å²) in [6.45, 7) is 0. The monoisotopic (exact) mass is 413 g/mol. The van der Waals surface area contributed by atoms with Crippen molar-refractivity contribution in [2.24, 2.45) is 0 Å². The number of nitrogens with zero attached hydrogens (tertiary/aromatic N) is 2. The maximum absolute atomic E-state index is 12.5. The molecule has 0 spiro atoms. The summed E-state index contributed by atoms with van der Waals surface area (Å²) in [6, 6.07) is 13.6. The first-order valence-electron chi connectivity index (χ1n) is 8.92. The quantitative estimate of drug-likeness (QED) is 0.537. The Bertz CT molecular complexity index is 960. The van der Waals surface area contributed by atoms with Crippen LogP contribution >= 0.6 is 11.8 Å². The lowest BCUT2D eigenvalue weighted by atomic mass is 10.1. The van der Waals surface area contributed by atoms with Gasteiger partial charge in [-0.25, -0.2) is 0 Å². The Labute approximate surface area is 174 Å². The molecule has 8 heteroatoms. The summed E-state index contributed by atoms with van der Waals surface area (Å²) in [7, 11) is 4.62. The Morgan fingerprint density at radius 1 is 1.03 bits per heavy atom. The highest BCUT2D eigenvalue weighted by Crippen LogP contribution is 2.39. The molecule has 1 aromatic heterocycles. The van der Waals surface area contributed by atoms with Crippen LogP contribution in [0.3, 0.4) is 0 Å². The molecule has 0 radical (unpaired) electrons. The number of ether oxygens (including phenoxy) is 3. The van der Waals surface area contributed by atoms with Gasteiger partial charge in [0.15, 0.2) is 11.5 Å². The van der Waals surface area contributed by atoms with Crippen LogP contribution in [0.25, 0.3) is 0 Å². The van der Waals surface area contributed by atoms with Crippen LogP contribution in [-0.4, -0.2) is 37.0 Å². The Hall–Kier alpha value is -3.13. The molecule has 1 heterocycles. The number of benzene rings is 2. The zero-order chi connectivity index (χ0) is 20.6. The van der Waals surface area contributed by atoms with Crippen LogP contribution in [0.15, 0.2) is 59.8 Å². The van der Waals surface area contributed by atoms with Crippen molar-refractivity contribution in [3.05, 3.63) is 60.4 Å². The number of hydrogen-bond acceptors (Lipinski definition) is 6. The summed E-state index contributed by atoms with van der Waals surface area (Å²) < 4.78 is 17.9. The molecule has 1 N–H and O–H groups in total. The predicted molar refractivity (Wildman–Crippen MR) is 113 cm³/mol. The number of rotatable bonds is 9. The van der Waals surface area contributed by atoms with Crippen molar-refractivity contribution in [3.63, 3.8) is 0 Å². The third kappa shape index (κ3) is 5.23. The van der Waals surface area contributed by atoms with Gasteiger partial charge in [-0.1, -0.05) is 24.3 Å². The first-order chi connectivity index (χ1) is 14.1. The van der Waals surface area contributed by atoms with Crippen LogP contribution in [0.1, 0.15) is 5.56 Å². The Morgan fingerprint density at radius 2 is 1.79 bits per heavy atom. The van der Waals surface area contributed by atoms with E-state index in [4.69, 9.17) is 14.2 Å². The van der Waals surface area contributed by atoms with Crippen molar-refractivity contribution < 1.29 is 19.0 Å². The van der Waals surface area contributed by atoms with Gasteiger partial charge in [0.1, 0.15) is 0 Å². The third-order valence-electron chi connectivity index (χ3n) is 4.16. The molecule has 0 saturated carbocycles. The van der Waals surface area contributed by atoms with Crippen LogP contribution in [0, 0.1) is 0 Å². The number of aromatic nitrogens is 2. The van der Waals surface area contributed by atoms with Gasteiger partial charge in [0.2, 0.25) is 11.7 Å². The van der Waals surface area contributed by atoms with E-state index >= 15 is 0 Å². The molecule has 0 bridgehead atoms. The summed E-state index contributed by atoms with van der Waals surface area (Å²) >= 11 is 1.67. The number of methoxy groups -OCH3 is 3. The summed E-state index contributed by atoms with van der Waals surface area (Å²) in [5, 5.41) is 7.16. The number of amides is 1. The van der Waals surface area contributed by atoms with Crippen molar-refractivity contribution in [1.82, 2.24) is 9.78 Å². The van der Waals surface area contributed by atoms with Gasteiger partial charge in [-0.05, 0) is 18.2 Å². The largest absolute Gasteiger partial charge is 0.493 e. The van der Waals surface area contributed by atoms with E-state index in [0.29, 0.717) is 34.4 Å². The lowest BCUT2D eigenvalue weighted by Crippen LogP contribution is -2.15. The van der Waals surface area contributed by atoms with Crippen LogP contribution < -0.4 is 19.5 Å². The maximum atomic E-state index is 12.5. The smallest absolute Gasteiger partial charge is 0.229 e. The molecule has 152 valence electrons. The van der Waals surface area contributed by atoms with Gasteiger partial charge >= 0.3 is 0 Å². The summed E-state index contributed by atoms with van der Waals surface area (Å²) in [5.41, 5.74) is 1.35. The molecule has 3 aromatic rings. The second kappa shape index (κ2) is 9.88. The molecule has 0 fully saturated rings. The Kier molecular flexibility index (Phi) is 7.02. The minimum atomic E-state index is -0.175. The molecule has 0 aliphatic heterocycles. The number of carbonyl (C=O) groups excluding carboxylic acids is 1. The second-order valence-corrected chi connectivity index (χ2v) is 7.09. The van der Waals surface area contributed by atoms with Crippen molar-refractivity contribution in [2.75, 3.05) is 26.6 Å². The minimum Gasteiger partial charge on any atom is -0.493 e. The molecule has 1 amide bonds. The molecule has 29 heavy (non-hydrogen) atoms. The van der Waals surface area contributed by atoms with Crippen LogP contribution in [0.5, 0.6) is 17.2 Å². The zero-order valence-electron chi connectivity index (χ0n) is 16.5. The highest BCUT2D eigenvalue weighted by atomic mass is 32.2. The van der Waals surface area contributed by atoms with Crippen molar-refractivity contribution >= 4 is 23.4 Å². The van der Waals surface area contributed by atoms with Gasteiger partial charge in [-0.2, -0.15) is 5.10 Å². The van der Waals surface area contributed by atoms with Gasteiger partial charge in [0, 0.05) is 16.7 Å². The number of hydrogen-bond donors (Lipinski definition) is 1. The topological polar surface area (TPSA) is 74.6 Å². The van der Waals surface area contributed by atoms with E-state index in [1.54, 1.807) is 48.1 Å². The van der Waals surface area contributed by atoms with E-state index in [9.17, 15) is 4.79 Å². The molecular formula is C21H23N3O4S. The van der Waals surface area contributed by atoms with Crippen LogP contribution in [-0.2, 0) is 17.1 Å². The first kappa shape index (κ1) is 20.6. The highest BCUT2D eigenvalue weighted by Gasteiger charge is 2.18. The molecular weight excluding hydrogens is 390 g/mol. The van der Waals surface area contributed by atoms with Crippen molar-refractivity contribution in [3.8, 4) is 17.2 Å². The van der Waals surface area contributed by atoms with Crippen LogP contribution in [0.4, 0.5) is 5.69 Å². The minimum absolute atomic E-state index is 0.132. The van der Waals surface area contributed by atoms with E-state index in [-0.39, 0.29) is 12.3 Å². The highest BCUT2D eigenvalue weighted by molar-refractivity contribution is 7.98. The number of carbonyl (C=O) groups is 1. The zero-order valence-corrected chi connectivity index (χ0v) is 17.4. The van der Waals surface area contributed by atoms with E-state index in [2.05, 4.69) is 10.4 Å². The molecule has 0 atom stereocenters. The SMILES string of the molecule is COc1ccc(CC(=O)Nc2cnn(CSc3ccccc3)c2)c(OC)c1OC. The summed E-state index contributed by atoms with van der Waals surface area (Å²) in [5.74, 6) is 1.98. The van der Waals surface area contributed by atoms with Gasteiger partial charge in [0.05, 0.1) is 45.5 Å². The summed E-state index contributed by atoms with van der Waals surface area (Å²) in [4.78, 5) is 13.7. The fourth-order valence-corrected chi connectivity index (χ4v) is 3.61. The van der Waals surface area contributed by atoms with Crippen molar-refractivity contribution in [1.29, 1.82) is 0 Å². The van der Waals surface area contributed by atoms with E-state index in [1.165, 1.54) is 14.2 Å². The molecule has 0 saturated heterocycles. The maximum Gasteiger partial charge on any atom is 0.229 e. The molecule has 2 aromatic carbocycles. The van der Waals surface area contributed by atoms with Crippen molar-refractivity contribution in [2.45, 2.75) is 17.2 Å². The van der Waals surface area contributed by atoms with Crippen LogP contribution in [0.2, 0.25) is 0 Å². The third-order valence-corrected chi connectivity index (χ3v) is 5.16. The van der Waals surface area contributed by atoms with E-state index < -0.39 is 0 Å². The standard InChI is InChI=1S/C21H23N3O4S/c1-26-18-10-9-15(20(27-2)21(18)28-3)11-19(25)23-16-12-22-24(13-16)14-29-17-7-5-4-6-8-17/h4-10,12-13H,11,14H2,1-3H3,(H,23,25). The second-order valence-electron chi connectivity index (χ2n) is 6.07. The molecule has 0 aliphatic carbocycles. The Morgan fingerprint density at radius 3 is 2.48 bits per heavy atom. The van der Waals surface area contributed by atoms with E-state index in [1.807, 2.05) is 30.3 Å². The molecule has 0 unspecified atom stereocenters. The fraction of sp³-hybridized carbons (Fsp3) is 0.238. The molecule has 7 nitrogen and oxygen atoms in total. The van der Waals surface area contributed by atoms with E-state index in [0.717, 1.165) is 4.90 Å². The molecule has 3 rings (SSSR count). The average Bonchev–Trinajstić information content (AvgIpc) is 3.19. The number of nitrogens with one attached hydrogen (secondary N) is 1. The lowest BCUT2D eigenvalue weighted by Gasteiger charge is -2.15.